The summed E-state index contributed by atoms with van der Waals surface area (Å²) in [7, 11) is 1.86. The van der Waals surface area contributed by atoms with E-state index in [-0.39, 0.29) is 11.7 Å². The van der Waals surface area contributed by atoms with Gasteiger partial charge in [0, 0.05) is 13.6 Å². The quantitative estimate of drug-likeness (QED) is 0.695. The highest BCUT2D eigenvalue weighted by Crippen LogP contribution is 2.50. The largest absolute Gasteiger partial charge is 0.337 e. The molecule has 1 saturated heterocycles. The number of anilines is 1. The fourth-order valence-electron chi connectivity index (χ4n) is 2.85. The first-order valence-corrected chi connectivity index (χ1v) is 9.81. The molecule has 26 heavy (non-hydrogen) atoms. The third-order valence-electron chi connectivity index (χ3n) is 4.17. The van der Waals surface area contributed by atoms with E-state index in [1.807, 2.05) is 55.3 Å². The van der Waals surface area contributed by atoms with Crippen LogP contribution in [0.5, 0.6) is 0 Å². The van der Waals surface area contributed by atoms with E-state index in [9.17, 15) is 9.18 Å². The highest BCUT2D eigenvalue weighted by molar-refractivity contribution is 8.19. The standard InChI is InChI=1S/C19H16FN3OS2/c1-3-23-17(24)16(26-19(23)21-12-8-5-4-6-9-12)18-22(2)14-11-7-10-13(20)15(14)25-18/h4-11H,3H2,1-2H3/b18-16+,21-19?. The Hall–Kier alpha value is -2.25. The van der Waals surface area contributed by atoms with Gasteiger partial charge in [-0.1, -0.05) is 36.0 Å². The Bertz CT molecular complexity index is 943. The molecule has 0 aromatic heterocycles. The van der Waals surface area contributed by atoms with Crippen molar-refractivity contribution in [2.24, 2.45) is 4.99 Å². The number of aliphatic imine (C=N–C) groups is 1. The van der Waals surface area contributed by atoms with Crippen molar-refractivity contribution >= 4 is 46.0 Å². The molecule has 0 radical (unpaired) electrons. The molecular formula is C19H16FN3OS2. The van der Waals surface area contributed by atoms with Crippen LogP contribution in [0.2, 0.25) is 0 Å². The van der Waals surface area contributed by atoms with Gasteiger partial charge in [0.15, 0.2) is 5.17 Å². The van der Waals surface area contributed by atoms with Crippen LogP contribution in [0.4, 0.5) is 15.8 Å². The number of para-hydroxylation sites is 1. The van der Waals surface area contributed by atoms with Gasteiger partial charge < -0.3 is 4.90 Å². The first-order chi connectivity index (χ1) is 12.6. The zero-order valence-corrected chi connectivity index (χ0v) is 15.9. The van der Waals surface area contributed by atoms with Crippen LogP contribution in [-0.2, 0) is 4.79 Å². The average molecular weight is 385 g/mol. The van der Waals surface area contributed by atoms with E-state index in [4.69, 9.17) is 0 Å². The first kappa shape index (κ1) is 17.2. The summed E-state index contributed by atoms with van der Waals surface area (Å²) in [5.41, 5.74) is 1.58. The highest BCUT2D eigenvalue weighted by atomic mass is 32.2. The number of fused-ring (bicyclic) bond motifs is 1. The lowest BCUT2D eigenvalue weighted by atomic mass is 10.3. The smallest absolute Gasteiger partial charge is 0.269 e. The van der Waals surface area contributed by atoms with E-state index in [2.05, 4.69) is 4.99 Å². The topological polar surface area (TPSA) is 35.9 Å². The molecule has 2 aliphatic heterocycles. The number of nitrogens with zero attached hydrogens (tertiary/aromatic N) is 3. The minimum Gasteiger partial charge on any atom is -0.337 e. The van der Waals surface area contributed by atoms with E-state index >= 15 is 0 Å². The molecule has 2 aromatic carbocycles. The lowest BCUT2D eigenvalue weighted by Crippen LogP contribution is -2.29. The molecule has 1 amide bonds. The fourth-order valence-corrected chi connectivity index (χ4v) is 5.26. The van der Waals surface area contributed by atoms with Crippen LogP contribution in [0.1, 0.15) is 6.92 Å². The van der Waals surface area contributed by atoms with Gasteiger partial charge in [-0.2, -0.15) is 0 Å². The Morgan fingerprint density at radius 3 is 2.54 bits per heavy atom. The van der Waals surface area contributed by atoms with E-state index < -0.39 is 0 Å². The SMILES string of the molecule is CCN1C(=O)/C(=C2\Sc3c(F)cccc3N2C)SC1=Nc1ccccc1. The van der Waals surface area contributed by atoms with Crippen molar-refractivity contribution in [1.29, 1.82) is 0 Å². The van der Waals surface area contributed by atoms with Crippen molar-refractivity contribution < 1.29 is 9.18 Å². The molecule has 4 nitrogen and oxygen atoms in total. The zero-order valence-electron chi connectivity index (χ0n) is 14.3. The summed E-state index contributed by atoms with van der Waals surface area (Å²) >= 11 is 2.64. The number of halogens is 1. The van der Waals surface area contributed by atoms with Gasteiger partial charge in [0.25, 0.3) is 5.91 Å². The second-order valence-corrected chi connectivity index (χ2v) is 7.74. The summed E-state index contributed by atoms with van der Waals surface area (Å²) in [5.74, 6) is -0.356. The summed E-state index contributed by atoms with van der Waals surface area (Å²) in [6, 6.07) is 14.5. The molecule has 0 aliphatic carbocycles. The van der Waals surface area contributed by atoms with Crippen LogP contribution in [0.15, 0.2) is 68.4 Å². The third-order valence-corrected chi connectivity index (χ3v) is 6.64. The van der Waals surface area contributed by atoms with Crippen LogP contribution in [-0.4, -0.2) is 29.6 Å². The van der Waals surface area contributed by atoms with Gasteiger partial charge >= 0.3 is 0 Å². The van der Waals surface area contributed by atoms with E-state index in [1.165, 1.54) is 29.6 Å². The predicted octanol–water partition coefficient (Wildman–Crippen LogP) is 4.82. The van der Waals surface area contributed by atoms with Crippen molar-refractivity contribution in [3.8, 4) is 0 Å². The van der Waals surface area contributed by atoms with Gasteiger partial charge in [-0.25, -0.2) is 9.38 Å². The summed E-state index contributed by atoms with van der Waals surface area (Å²) in [6.07, 6.45) is 0. The number of likely N-dealkylation sites (N-methyl/N-ethyl adjacent to an activating group) is 1. The van der Waals surface area contributed by atoms with Crippen LogP contribution < -0.4 is 4.90 Å². The van der Waals surface area contributed by atoms with Crippen molar-refractivity contribution in [2.45, 2.75) is 11.8 Å². The van der Waals surface area contributed by atoms with Gasteiger partial charge in [-0.3, -0.25) is 9.69 Å². The number of amides is 1. The number of hydrogen-bond donors (Lipinski definition) is 0. The predicted molar refractivity (Wildman–Crippen MR) is 106 cm³/mol. The van der Waals surface area contributed by atoms with Gasteiger partial charge in [0.1, 0.15) is 10.7 Å². The Morgan fingerprint density at radius 1 is 1.08 bits per heavy atom. The molecule has 2 aliphatic rings. The monoisotopic (exact) mass is 385 g/mol. The molecule has 2 heterocycles. The maximum absolute atomic E-state index is 14.1. The van der Waals surface area contributed by atoms with Crippen LogP contribution >= 0.6 is 23.5 Å². The van der Waals surface area contributed by atoms with E-state index in [1.54, 1.807) is 11.0 Å². The van der Waals surface area contributed by atoms with Crippen molar-refractivity contribution in [2.75, 3.05) is 18.5 Å². The number of carbonyl (C=O) groups is 1. The second kappa shape index (κ2) is 6.81. The molecule has 132 valence electrons. The number of carbonyl (C=O) groups excluding carboxylic acids is 1. The number of hydrogen-bond acceptors (Lipinski definition) is 5. The summed E-state index contributed by atoms with van der Waals surface area (Å²) < 4.78 is 14.1. The van der Waals surface area contributed by atoms with Crippen molar-refractivity contribution in [3.63, 3.8) is 0 Å². The van der Waals surface area contributed by atoms with Crippen LogP contribution in [0, 0.1) is 5.82 Å². The Labute approximate surface area is 159 Å². The zero-order chi connectivity index (χ0) is 18.3. The number of benzene rings is 2. The van der Waals surface area contributed by atoms with E-state index in [0.29, 0.717) is 21.5 Å². The van der Waals surface area contributed by atoms with Gasteiger partial charge in [0.05, 0.1) is 21.3 Å². The minimum atomic E-state index is -0.268. The second-order valence-electron chi connectivity index (χ2n) is 5.76. The average Bonchev–Trinajstić information content (AvgIpc) is 3.14. The molecular weight excluding hydrogens is 369 g/mol. The number of amidine groups is 1. The Balaban J connectivity index is 1.75. The molecule has 2 aromatic rings. The summed E-state index contributed by atoms with van der Waals surface area (Å²) in [6.45, 7) is 2.45. The molecule has 4 rings (SSSR count). The highest BCUT2D eigenvalue weighted by Gasteiger charge is 2.39. The third kappa shape index (κ3) is 2.81. The molecule has 7 heteroatoms. The minimum absolute atomic E-state index is 0.0882. The molecule has 0 N–H and O–H groups in total. The lowest BCUT2D eigenvalue weighted by Gasteiger charge is -2.15. The van der Waals surface area contributed by atoms with Gasteiger partial charge in [0.2, 0.25) is 0 Å². The first-order valence-electron chi connectivity index (χ1n) is 8.18. The maximum atomic E-state index is 14.1. The van der Waals surface area contributed by atoms with Crippen molar-refractivity contribution in [3.05, 3.63) is 64.3 Å². The molecule has 0 bridgehead atoms. The lowest BCUT2D eigenvalue weighted by molar-refractivity contribution is -0.122. The van der Waals surface area contributed by atoms with Crippen LogP contribution in [0.3, 0.4) is 0 Å². The number of thioether (sulfide) groups is 2. The maximum Gasteiger partial charge on any atom is 0.269 e. The van der Waals surface area contributed by atoms with Crippen LogP contribution in [0.25, 0.3) is 0 Å². The van der Waals surface area contributed by atoms with Gasteiger partial charge in [-0.05, 0) is 43.0 Å². The Kier molecular flexibility index (Phi) is 4.50. The summed E-state index contributed by atoms with van der Waals surface area (Å²) in [4.78, 5) is 22.2. The molecule has 0 unspecified atom stereocenters. The molecule has 0 atom stereocenters. The fraction of sp³-hybridized carbons (Fsp3) is 0.158. The molecule has 0 saturated carbocycles. The number of rotatable bonds is 2. The van der Waals surface area contributed by atoms with E-state index in [0.717, 1.165) is 16.4 Å². The molecule has 1 fully saturated rings. The Morgan fingerprint density at radius 2 is 1.85 bits per heavy atom. The normalized spacial score (nSPS) is 21.0. The summed E-state index contributed by atoms with van der Waals surface area (Å²) in [5, 5.41) is 1.40. The van der Waals surface area contributed by atoms with Crippen molar-refractivity contribution in [1.82, 2.24) is 4.90 Å². The van der Waals surface area contributed by atoms with Gasteiger partial charge in [-0.15, -0.1) is 0 Å². The molecule has 0 spiro atoms.